The summed E-state index contributed by atoms with van der Waals surface area (Å²) in [6, 6.07) is 8.10. The molecule has 0 amide bonds. The number of aryl methyl sites for hydroxylation is 1. The Morgan fingerprint density at radius 2 is 2.00 bits per heavy atom. The lowest BCUT2D eigenvalue weighted by Crippen LogP contribution is -1.80. The van der Waals surface area contributed by atoms with E-state index in [0.29, 0.717) is 5.01 Å². The van der Waals surface area contributed by atoms with Crippen LogP contribution in [0.5, 0.6) is 0 Å². The molecule has 0 bridgehead atoms. The van der Waals surface area contributed by atoms with Crippen LogP contribution in [0.3, 0.4) is 0 Å². The molecule has 0 saturated carbocycles. The lowest BCUT2D eigenvalue weighted by Gasteiger charge is -1.96. The van der Waals surface area contributed by atoms with Crippen LogP contribution in [0.15, 0.2) is 29.6 Å². The summed E-state index contributed by atoms with van der Waals surface area (Å²) in [6.07, 6.45) is 0.780. The Labute approximate surface area is 86.2 Å². The molecule has 0 atom stereocenters. The Balaban J connectivity index is 2.39. The van der Waals surface area contributed by atoms with E-state index >= 15 is 0 Å². The number of hydrogen-bond acceptors (Lipinski definition) is 3. The van der Waals surface area contributed by atoms with Crippen LogP contribution >= 0.6 is 11.3 Å². The van der Waals surface area contributed by atoms with Crippen LogP contribution in [0.25, 0.3) is 11.3 Å². The summed E-state index contributed by atoms with van der Waals surface area (Å²) in [5, 5.41) is 2.43. The molecular weight excluding hydrogens is 194 g/mol. The van der Waals surface area contributed by atoms with Crippen molar-refractivity contribution in [1.82, 2.24) is 4.98 Å². The number of aromatic nitrogens is 1. The Kier molecular flexibility index (Phi) is 2.41. The molecule has 0 unspecified atom stereocenters. The summed E-state index contributed by atoms with van der Waals surface area (Å²) in [6.45, 7) is 2.04. The Morgan fingerprint density at radius 3 is 2.57 bits per heavy atom. The summed E-state index contributed by atoms with van der Waals surface area (Å²) >= 11 is 1.37. The van der Waals surface area contributed by atoms with Crippen LogP contribution < -0.4 is 0 Å². The maximum Gasteiger partial charge on any atom is 0.178 e. The third-order valence-corrected chi connectivity index (χ3v) is 2.74. The van der Waals surface area contributed by atoms with Crippen LogP contribution in [0.2, 0.25) is 0 Å². The molecule has 0 aliphatic carbocycles. The molecule has 70 valence electrons. The monoisotopic (exact) mass is 203 g/mol. The zero-order chi connectivity index (χ0) is 9.97. The van der Waals surface area contributed by atoms with Gasteiger partial charge in [0.05, 0.1) is 5.69 Å². The molecule has 14 heavy (non-hydrogen) atoms. The van der Waals surface area contributed by atoms with Crippen LogP contribution in [0.4, 0.5) is 0 Å². The molecule has 0 spiro atoms. The van der Waals surface area contributed by atoms with Gasteiger partial charge < -0.3 is 0 Å². The zero-order valence-corrected chi connectivity index (χ0v) is 8.54. The summed E-state index contributed by atoms with van der Waals surface area (Å²) < 4.78 is 0. The number of nitrogens with zero attached hydrogens (tertiary/aromatic N) is 1. The molecule has 1 aromatic carbocycles. The number of benzene rings is 1. The zero-order valence-electron chi connectivity index (χ0n) is 7.73. The standard InChI is InChI=1S/C11H9NOS/c1-8-2-4-9(5-3-8)10-7-14-11(6-13)12-10/h2-7H,1H3. The molecule has 1 heterocycles. The molecule has 0 fully saturated rings. The van der Waals surface area contributed by atoms with Gasteiger partial charge in [0.15, 0.2) is 11.3 Å². The molecular formula is C11H9NOS. The van der Waals surface area contributed by atoms with Crippen LogP contribution in [-0.2, 0) is 0 Å². The van der Waals surface area contributed by atoms with E-state index in [-0.39, 0.29) is 0 Å². The van der Waals surface area contributed by atoms with Crippen LogP contribution in [0.1, 0.15) is 15.4 Å². The number of hydrogen-bond donors (Lipinski definition) is 0. The molecule has 0 aliphatic rings. The minimum atomic E-state index is 0.528. The highest BCUT2D eigenvalue weighted by atomic mass is 32.1. The first-order chi connectivity index (χ1) is 6.79. The molecule has 0 N–H and O–H groups in total. The highest BCUT2D eigenvalue weighted by molar-refractivity contribution is 7.11. The first-order valence-electron chi connectivity index (χ1n) is 4.27. The van der Waals surface area contributed by atoms with Gasteiger partial charge in [-0.3, -0.25) is 4.79 Å². The fraction of sp³-hybridized carbons (Fsp3) is 0.0909. The molecule has 2 aromatic rings. The van der Waals surface area contributed by atoms with E-state index in [1.54, 1.807) is 0 Å². The molecule has 2 nitrogen and oxygen atoms in total. The van der Waals surface area contributed by atoms with Crippen molar-refractivity contribution in [1.29, 1.82) is 0 Å². The van der Waals surface area contributed by atoms with Gasteiger partial charge in [0.25, 0.3) is 0 Å². The highest BCUT2D eigenvalue weighted by Gasteiger charge is 2.02. The van der Waals surface area contributed by atoms with Crippen molar-refractivity contribution in [3.63, 3.8) is 0 Å². The van der Waals surface area contributed by atoms with Crippen molar-refractivity contribution in [3.8, 4) is 11.3 Å². The van der Waals surface area contributed by atoms with Crippen molar-refractivity contribution < 1.29 is 4.79 Å². The number of thiazole rings is 1. The maximum absolute atomic E-state index is 10.5. The topological polar surface area (TPSA) is 30.0 Å². The van der Waals surface area contributed by atoms with Crippen LogP contribution in [0, 0.1) is 6.92 Å². The number of aldehydes is 1. The first kappa shape index (κ1) is 9.09. The number of carbonyl (C=O) groups excluding carboxylic acids is 1. The average Bonchev–Trinajstić information content (AvgIpc) is 2.67. The van der Waals surface area contributed by atoms with E-state index in [1.807, 2.05) is 36.6 Å². The molecule has 1 aromatic heterocycles. The fourth-order valence-corrected chi connectivity index (χ4v) is 1.83. The van der Waals surface area contributed by atoms with Gasteiger partial charge >= 0.3 is 0 Å². The van der Waals surface area contributed by atoms with Gasteiger partial charge in [0.2, 0.25) is 0 Å². The minimum Gasteiger partial charge on any atom is -0.295 e. The normalized spacial score (nSPS) is 10.1. The van der Waals surface area contributed by atoms with Crippen molar-refractivity contribution >= 4 is 17.6 Å². The Bertz CT molecular complexity index is 445. The summed E-state index contributed by atoms with van der Waals surface area (Å²) in [7, 11) is 0. The van der Waals surface area contributed by atoms with Gasteiger partial charge in [0, 0.05) is 10.9 Å². The van der Waals surface area contributed by atoms with Gasteiger partial charge in [0.1, 0.15) is 0 Å². The molecule has 2 rings (SSSR count). The Hall–Kier alpha value is -1.48. The molecule has 3 heteroatoms. The van der Waals surface area contributed by atoms with Gasteiger partial charge in [-0.05, 0) is 6.92 Å². The van der Waals surface area contributed by atoms with E-state index in [9.17, 15) is 4.79 Å². The van der Waals surface area contributed by atoms with Crippen LogP contribution in [-0.4, -0.2) is 11.3 Å². The van der Waals surface area contributed by atoms with Crippen molar-refractivity contribution in [2.75, 3.05) is 0 Å². The molecule has 0 radical (unpaired) electrons. The molecule has 0 saturated heterocycles. The van der Waals surface area contributed by atoms with E-state index in [0.717, 1.165) is 17.5 Å². The fourth-order valence-electron chi connectivity index (χ4n) is 1.20. The van der Waals surface area contributed by atoms with Crippen molar-refractivity contribution in [2.24, 2.45) is 0 Å². The number of rotatable bonds is 2. The second kappa shape index (κ2) is 3.72. The first-order valence-corrected chi connectivity index (χ1v) is 5.15. The minimum absolute atomic E-state index is 0.528. The third-order valence-electron chi connectivity index (χ3n) is 1.97. The lowest BCUT2D eigenvalue weighted by atomic mass is 10.1. The van der Waals surface area contributed by atoms with Crippen molar-refractivity contribution in [2.45, 2.75) is 6.92 Å². The molecule has 0 aliphatic heterocycles. The second-order valence-electron chi connectivity index (χ2n) is 3.05. The average molecular weight is 203 g/mol. The lowest BCUT2D eigenvalue weighted by molar-refractivity contribution is 0.112. The largest absolute Gasteiger partial charge is 0.295 e. The maximum atomic E-state index is 10.5. The second-order valence-corrected chi connectivity index (χ2v) is 3.94. The smallest absolute Gasteiger partial charge is 0.178 e. The predicted molar refractivity (Wildman–Crippen MR) is 57.7 cm³/mol. The van der Waals surface area contributed by atoms with Gasteiger partial charge in [-0.2, -0.15) is 0 Å². The van der Waals surface area contributed by atoms with Gasteiger partial charge in [-0.25, -0.2) is 4.98 Å². The van der Waals surface area contributed by atoms with Gasteiger partial charge in [-0.15, -0.1) is 11.3 Å². The van der Waals surface area contributed by atoms with E-state index in [2.05, 4.69) is 4.98 Å². The summed E-state index contributed by atoms with van der Waals surface area (Å²) in [5.41, 5.74) is 3.15. The summed E-state index contributed by atoms with van der Waals surface area (Å²) in [4.78, 5) is 14.6. The quantitative estimate of drug-likeness (QED) is 0.702. The van der Waals surface area contributed by atoms with Crippen molar-refractivity contribution in [3.05, 3.63) is 40.2 Å². The third kappa shape index (κ3) is 1.72. The highest BCUT2D eigenvalue weighted by Crippen LogP contribution is 2.21. The SMILES string of the molecule is Cc1ccc(-c2csc(C=O)n2)cc1. The predicted octanol–water partition coefficient (Wildman–Crippen LogP) is 2.93. The van der Waals surface area contributed by atoms with E-state index < -0.39 is 0 Å². The Morgan fingerprint density at radius 1 is 1.29 bits per heavy atom. The number of carbonyl (C=O) groups is 1. The van der Waals surface area contributed by atoms with Gasteiger partial charge in [-0.1, -0.05) is 29.8 Å². The summed E-state index contributed by atoms with van der Waals surface area (Å²) in [5.74, 6) is 0. The van der Waals surface area contributed by atoms with E-state index in [1.165, 1.54) is 16.9 Å². The van der Waals surface area contributed by atoms with E-state index in [4.69, 9.17) is 0 Å².